The van der Waals surface area contributed by atoms with Crippen LogP contribution in [-0.2, 0) is 15.1 Å². The van der Waals surface area contributed by atoms with Crippen LogP contribution in [0.3, 0.4) is 0 Å². The van der Waals surface area contributed by atoms with Crippen LogP contribution in [0.2, 0.25) is 0 Å². The Labute approximate surface area is 133 Å². The van der Waals surface area contributed by atoms with E-state index in [0.29, 0.717) is 5.56 Å². The Morgan fingerprint density at radius 3 is 2.57 bits per heavy atom. The normalized spacial score (nSPS) is 20.7. The zero-order valence-corrected chi connectivity index (χ0v) is 12.9. The van der Waals surface area contributed by atoms with Crippen LogP contribution in [0.1, 0.15) is 12.5 Å². The van der Waals surface area contributed by atoms with Crippen LogP contribution in [0, 0.1) is 0 Å². The summed E-state index contributed by atoms with van der Waals surface area (Å²) in [7, 11) is 1.46. The molecular weight excluding hydrogens is 294 g/mol. The number of benzene rings is 2. The van der Waals surface area contributed by atoms with E-state index in [4.69, 9.17) is 0 Å². The topological polar surface area (TPSA) is 78.5 Å². The molecule has 1 atom stereocenters. The van der Waals surface area contributed by atoms with Gasteiger partial charge < -0.3 is 10.6 Å². The SMILES string of the molecule is CNC(=O)CN1C(=O)N[C@](C)(c2ccc3ccccc3c2)C1=O. The maximum Gasteiger partial charge on any atom is 0.325 e. The Hall–Kier alpha value is -2.89. The van der Waals surface area contributed by atoms with E-state index >= 15 is 0 Å². The average molecular weight is 311 g/mol. The summed E-state index contributed by atoms with van der Waals surface area (Å²) in [6.07, 6.45) is 0. The van der Waals surface area contributed by atoms with Gasteiger partial charge in [0.1, 0.15) is 12.1 Å². The third-order valence-electron chi connectivity index (χ3n) is 4.18. The number of carbonyl (C=O) groups is 3. The van der Waals surface area contributed by atoms with E-state index in [1.807, 2.05) is 42.5 Å². The predicted octanol–water partition coefficient (Wildman–Crippen LogP) is 1.35. The van der Waals surface area contributed by atoms with Crippen LogP contribution in [0.15, 0.2) is 42.5 Å². The Bertz CT molecular complexity index is 818. The minimum absolute atomic E-state index is 0.287. The largest absolute Gasteiger partial charge is 0.358 e. The van der Waals surface area contributed by atoms with Gasteiger partial charge in [-0.2, -0.15) is 0 Å². The molecule has 0 bridgehead atoms. The zero-order chi connectivity index (χ0) is 16.6. The summed E-state index contributed by atoms with van der Waals surface area (Å²) in [5, 5.41) is 7.15. The fourth-order valence-corrected chi connectivity index (χ4v) is 2.76. The smallest absolute Gasteiger partial charge is 0.325 e. The van der Waals surface area contributed by atoms with E-state index in [-0.39, 0.29) is 6.54 Å². The van der Waals surface area contributed by atoms with Crippen molar-refractivity contribution < 1.29 is 14.4 Å². The first-order valence-electron chi connectivity index (χ1n) is 7.29. The molecule has 6 nitrogen and oxygen atoms in total. The molecule has 0 aliphatic carbocycles. The highest BCUT2D eigenvalue weighted by Gasteiger charge is 2.49. The van der Waals surface area contributed by atoms with Gasteiger partial charge >= 0.3 is 6.03 Å². The Morgan fingerprint density at radius 2 is 1.87 bits per heavy atom. The number of nitrogens with one attached hydrogen (secondary N) is 2. The average Bonchev–Trinajstić information content (AvgIpc) is 2.78. The summed E-state index contributed by atoms with van der Waals surface area (Å²) in [5.74, 6) is -0.822. The molecule has 2 aromatic rings. The zero-order valence-electron chi connectivity index (χ0n) is 12.9. The fraction of sp³-hybridized carbons (Fsp3) is 0.235. The van der Waals surface area contributed by atoms with Gasteiger partial charge in [0.2, 0.25) is 5.91 Å². The molecule has 0 saturated carbocycles. The van der Waals surface area contributed by atoms with Gasteiger partial charge in [-0.15, -0.1) is 0 Å². The molecule has 4 amide bonds. The summed E-state index contributed by atoms with van der Waals surface area (Å²) in [6.45, 7) is 1.37. The molecule has 0 spiro atoms. The molecule has 1 aliphatic rings. The summed E-state index contributed by atoms with van der Waals surface area (Å²) < 4.78 is 0. The lowest BCUT2D eigenvalue weighted by Gasteiger charge is -2.22. The highest BCUT2D eigenvalue weighted by molar-refractivity contribution is 6.09. The molecule has 1 heterocycles. The standard InChI is InChI=1S/C17H17N3O3/c1-17(13-8-7-11-5-3-4-6-12(11)9-13)15(22)20(16(23)19-17)10-14(21)18-2/h3-9H,10H2,1-2H3,(H,18,21)(H,19,23)/t17-/m1/s1. The van der Waals surface area contributed by atoms with Gasteiger partial charge in [-0.1, -0.05) is 36.4 Å². The number of hydrogen-bond donors (Lipinski definition) is 2. The third-order valence-corrected chi connectivity index (χ3v) is 4.18. The molecule has 0 aromatic heterocycles. The van der Waals surface area contributed by atoms with E-state index < -0.39 is 23.4 Å². The van der Waals surface area contributed by atoms with Crippen molar-refractivity contribution in [3.8, 4) is 0 Å². The quantitative estimate of drug-likeness (QED) is 0.840. The van der Waals surface area contributed by atoms with Crippen molar-refractivity contribution in [1.82, 2.24) is 15.5 Å². The molecular formula is C17H17N3O3. The summed E-state index contributed by atoms with van der Waals surface area (Å²) in [6, 6.07) is 12.9. The second-order valence-corrected chi connectivity index (χ2v) is 5.68. The van der Waals surface area contributed by atoms with Crippen LogP contribution in [-0.4, -0.2) is 36.3 Å². The third kappa shape index (κ3) is 2.42. The fourth-order valence-electron chi connectivity index (χ4n) is 2.76. The van der Waals surface area contributed by atoms with E-state index in [9.17, 15) is 14.4 Å². The van der Waals surface area contributed by atoms with Crippen molar-refractivity contribution >= 4 is 28.6 Å². The lowest BCUT2D eigenvalue weighted by Crippen LogP contribution is -2.42. The van der Waals surface area contributed by atoms with Crippen LogP contribution in [0.4, 0.5) is 4.79 Å². The van der Waals surface area contributed by atoms with Crippen molar-refractivity contribution in [2.24, 2.45) is 0 Å². The van der Waals surface area contributed by atoms with Crippen LogP contribution >= 0.6 is 0 Å². The minimum atomic E-state index is -1.17. The molecule has 1 aliphatic heterocycles. The number of amides is 4. The highest BCUT2D eigenvalue weighted by Crippen LogP contribution is 2.30. The van der Waals surface area contributed by atoms with Crippen LogP contribution in [0.25, 0.3) is 10.8 Å². The predicted molar refractivity (Wildman–Crippen MR) is 85.6 cm³/mol. The number of likely N-dealkylation sites (N-methyl/N-ethyl adjacent to an activating group) is 1. The maximum absolute atomic E-state index is 12.7. The summed E-state index contributed by atoms with van der Waals surface area (Å²) in [4.78, 5) is 37.2. The number of rotatable bonds is 3. The van der Waals surface area contributed by atoms with Crippen molar-refractivity contribution in [2.75, 3.05) is 13.6 Å². The number of hydrogen-bond acceptors (Lipinski definition) is 3. The minimum Gasteiger partial charge on any atom is -0.358 e. The van der Waals surface area contributed by atoms with Gasteiger partial charge in [-0.25, -0.2) is 4.79 Å². The van der Waals surface area contributed by atoms with Crippen molar-refractivity contribution in [3.05, 3.63) is 48.0 Å². The molecule has 6 heteroatoms. The molecule has 1 saturated heterocycles. The lowest BCUT2D eigenvalue weighted by atomic mass is 9.90. The number of fused-ring (bicyclic) bond motifs is 1. The van der Waals surface area contributed by atoms with Crippen LogP contribution < -0.4 is 10.6 Å². The lowest BCUT2D eigenvalue weighted by molar-refractivity contribution is -0.134. The maximum atomic E-state index is 12.7. The van der Waals surface area contributed by atoms with E-state index in [1.165, 1.54) is 7.05 Å². The second kappa shape index (κ2) is 5.39. The molecule has 3 rings (SSSR count). The first kappa shape index (κ1) is 15.0. The first-order valence-corrected chi connectivity index (χ1v) is 7.29. The molecule has 118 valence electrons. The Kier molecular flexibility index (Phi) is 3.52. The van der Waals surface area contributed by atoms with Crippen LogP contribution in [0.5, 0.6) is 0 Å². The highest BCUT2D eigenvalue weighted by atomic mass is 16.2. The Morgan fingerprint density at radius 1 is 1.17 bits per heavy atom. The molecule has 0 unspecified atom stereocenters. The van der Waals surface area contributed by atoms with Gasteiger partial charge in [0.05, 0.1) is 0 Å². The molecule has 0 radical (unpaired) electrons. The van der Waals surface area contributed by atoms with Gasteiger partial charge in [0.25, 0.3) is 5.91 Å². The van der Waals surface area contributed by atoms with E-state index in [2.05, 4.69) is 10.6 Å². The van der Waals surface area contributed by atoms with Crippen molar-refractivity contribution in [1.29, 1.82) is 0 Å². The van der Waals surface area contributed by atoms with E-state index in [0.717, 1.165) is 15.7 Å². The summed E-state index contributed by atoms with van der Waals surface area (Å²) in [5.41, 5.74) is -0.483. The molecule has 23 heavy (non-hydrogen) atoms. The number of nitrogens with zero attached hydrogens (tertiary/aromatic N) is 1. The molecule has 2 aromatic carbocycles. The van der Waals surface area contributed by atoms with Gasteiger partial charge in [-0.05, 0) is 29.3 Å². The van der Waals surface area contributed by atoms with Crippen molar-refractivity contribution in [3.63, 3.8) is 0 Å². The summed E-state index contributed by atoms with van der Waals surface area (Å²) >= 11 is 0. The van der Waals surface area contributed by atoms with Crippen molar-refractivity contribution in [2.45, 2.75) is 12.5 Å². The second-order valence-electron chi connectivity index (χ2n) is 5.68. The van der Waals surface area contributed by atoms with Gasteiger partial charge in [0, 0.05) is 7.05 Å². The number of urea groups is 1. The molecule has 1 fully saturated rings. The number of carbonyl (C=O) groups excluding carboxylic acids is 3. The van der Waals surface area contributed by atoms with Gasteiger partial charge in [-0.3, -0.25) is 14.5 Å². The van der Waals surface area contributed by atoms with E-state index in [1.54, 1.807) is 6.92 Å². The number of imide groups is 1. The monoisotopic (exact) mass is 311 g/mol. The first-order chi connectivity index (χ1) is 11.0. The molecule has 2 N–H and O–H groups in total. The Balaban J connectivity index is 1.98. The van der Waals surface area contributed by atoms with Gasteiger partial charge in [0.15, 0.2) is 0 Å².